The molecule has 2 aliphatic rings. The topological polar surface area (TPSA) is 52.7 Å². The Morgan fingerprint density at radius 3 is 2.59 bits per heavy atom. The van der Waals surface area contributed by atoms with E-state index in [2.05, 4.69) is 11.9 Å². The van der Waals surface area contributed by atoms with Gasteiger partial charge in [-0.2, -0.15) is 13.2 Å². The van der Waals surface area contributed by atoms with Gasteiger partial charge in [-0.15, -0.1) is 0 Å². The van der Waals surface area contributed by atoms with E-state index in [0.29, 0.717) is 44.4 Å². The zero-order valence-corrected chi connectivity index (χ0v) is 18.5. The van der Waals surface area contributed by atoms with Crippen molar-refractivity contribution in [1.29, 1.82) is 0 Å². The lowest BCUT2D eigenvalue weighted by molar-refractivity contribution is -0.140. The minimum Gasteiger partial charge on any atom is -0.353 e. The van der Waals surface area contributed by atoms with Crippen LogP contribution in [0.1, 0.15) is 29.5 Å². The summed E-state index contributed by atoms with van der Waals surface area (Å²) in [6.07, 6.45) is -1.35. The van der Waals surface area contributed by atoms with Gasteiger partial charge in [0.2, 0.25) is 11.8 Å². The van der Waals surface area contributed by atoms with Crippen LogP contribution in [0.3, 0.4) is 0 Å². The van der Waals surface area contributed by atoms with Gasteiger partial charge in [0.05, 0.1) is 17.2 Å². The molecule has 5 nitrogen and oxygen atoms in total. The average molecular weight is 475 g/mol. The van der Waals surface area contributed by atoms with Crippen molar-refractivity contribution in [3.63, 3.8) is 0 Å². The summed E-state index contributed by atoms with van der Waals surface area (Å²) in [7, 11) is 0. The molecule has 0 aromatic heterocycles. The zero-order chi connectivity index (χ0) is 24.5. The highest BCUT2D eigenvalue weighted by atomic mass is 19.4. The fraction of sp³-hybridized carbons (Fsp3) is 0.360. The lowest BCUT2D eigenvalue weighted by atomic mass is 9.93. The highest BCUT2D eigenvalue weighted by Crippen LogP contribution is 2.34. The number of carbonyl (C=O) groups excluding carboxylic acids is 2. The molecule has 1 unspecified atom stereocenters. The van der Waals surface area contributed by atoms with Crippen molar-refractivity contribution in [3.8, 4) is 0 Å². The van der Waals surface area contributed by atoms with Crippen LogP contribution < -0.4 is 5.32 Å². The van der Waals surface area contributed by atoms with Crippen LogP contribution in [0.15, 0.2) is 49.1 Å². The normalized spacial score (nSPS) is 18.3. The molecule has 0 bridgehead atoms. The Labute approximate surface area is 195 Å². The summed E-state index contributed by atoms with van der Waals surface area (Å²) in [5.41, 5.74) is 1.30. The number of amides is 2. The average Bonchev–Trinajstić information content (AvgIpc) is 2.83. The molecule has 0 radical (unpaired) electrons. The van der Waals surface area contributed by atoms with Crippen LogP contribution in [-0.4, -0.2) is 41.2 Å². The predicted molar refractivity (Wildman–Crippen MR) is 120 cm³/mol. The van der Waals surface area contributed by atoms with Gasteiger partial charge < -0.3 is 15.1 Å². The number of alkyl halides is 3. The number of halogens is 4. The maximum absolute atomic E-state index is 14.3. The third-order valence-corrected chi connectivity index (χ3v) is 6.40. The summed E-state index contributed by atoms with van der Waals surface area (Å²) in [6.45, 7) is 5.35. The van der Waals surface area contributed by atoms with Gasteiger partial charge in [-0.25, -0.2) is 4.39 Å². The van der Waals surface area contributed by atoms with E-state index in [-0.39, 0.29) is 23.4 Å². The lowest BCUT2D eigenvalue weighted by Crippen LogP contribution is -2.47. The van der Waals surface area contributed by atoms with Crippen LogP contribution in [0.2, 0.25) is 0 Å². The molecule has 1 atom stereocenters. The van der Waals surface area contributed by atoms with Gasteiger partial charge in [0.1, 0.15) is 5.82 Å². The largest absolute Gasteiger partial charge is 0.416 e. The van der Waals surface area contributed by atoms with E-state index in [4.69, 9.17) is 0 Å². The first-order chi connectivity index (χ1) is 16.2. The van der Waals surface area contributed by atoms with Crippen LogP contribution in [0.5, 0.6) is 0 Å². The van der Waals surface area contributed by atoms with Crippen LogP contribution in [-0.2, 0) is 28.7 Å². The van der Waals surface area contributed by atoms with Crippen molar-refractivity contribution in [2.45, 2.75) is 32.0 Å². The highest BCUT2D eigenvalue weighted by Gasteiger charge is 2.33. The number of carbonyl (C=O) groups is 2. The van der Waals surface area contributed by atoms with Gasteiger partial charge >= 0.3 is 6.18 Å². The van der Waals surface area contributed by atoms with E-state index in [1.807, 2.05) is 6.07 Å². The van der Waals surface area contributed by atoms with E-state index in [1.165, 1.54) is 6.08 Å². The molecule has 9 heteroatoms. The third-order valence-electron chi connectivity index (χ3n) is 6.40. The monoisotopic (exact) mass is 475 g/mol. The van der Waals surface area contributed by atoms with Crippen molar-refractivity contribution in [1.82, 2.24) is 9.80 Å². The molecule has 180 valence electrons. The van der Waals surface area contributed by atoms with Gasteiger partial charge in [-0.3, -0.25) is 9.59 Å². The standard InChI is InChI=1S/C25H25F4N3O2/c1-2-23(33)31-11-4-6-17(15-31)24(34)32-12-10-19-16(14-32)5-3-7-21(19)30-22-9-8-18(13-20(22)26)25(27,28)29/h2-3,5,7-9,13,17,30H,1,4,6,10-12,14-15H2. The molecule has 1 N–H and O–H groups in total. The van der Waals surface area contributed by atoms with Crippen LogP contribution in [0, 0.1) is 11.7 Å². The number of hydrogen-bond donors (Lipinski definition) is 1. The van der Waals surface area contributed by atoms with Crippen LogP contribution in [0.4, 0.5) is 28.9 Å². The fourth-order valence-electron chi connectivity index (χ4n) is 4.62. The van der Waals surface area contributed by atoms with Crippen LogP contribution >= 0.6 is 0 Å². The Kier molecular flexibility index (Phi) is 6.63. The maximum Gasteiger partial charge on any atom is 0.416 e. The number of piperidine rings is 1. The second-order valence-corrected chi connectivity index (χ2v) is 8.60. The summed E-state index contributed by atoms with van der Waals surface area (Å²) in [5, 5.41) is 2.91. The van der Waals surface area contributed by atoms with E-state index in [0.717, 1.165) is 36.1 Å². The number of rotatable bonds is 4. The SMILES string of the molecule is C=CC(=O)N1CCCC(C(=O)N2CCc3c(cccc3Nc3ccc(C(F)(F)F)cc3F)C2)C1. The number of benzene rings is 2. The van der Waals surface area contributed by atoms with E-state index in [1.54, 1.807) is 21.9 Å². The Morgan fingerprint density at radius 1 is 1.09 bits per heavy atom. The van der Waals surface area contributed by atoms with Gasteiger partial charge in [0.25, 0.3) is 0 Å². The van der Waals surface area contributed by atoms with Crippen molar-refractivity contribution in [3.05, 3.63) is 71.6 Å². The molecule has 2 aliphatic heterocycles. The second kappa shape index (κ2) is 9.48. The predicted octanol–water partition coefficient (Wildman–Crippen LogP) is 4.90. The molecule has 0 saturated carbocycles. The van der Waals surface area contributed by atoms with Crippen molar-refractivity contribution in [2.75, 3.05) is 25.0 Å². The first-order valence-corrected chi connectivity index (χ1v) is 11.1. The molecular weight excluding hydrogens is 450 g/mol. The number of hydrogen-bond acceptors (Lipinski definition) is 3. The number of nitrogens with one attached hydrogen (secondary N) is 1. The number of likely N-dealkylation sites (tertiary alicyclic amines) is 1. The Bertz CT molecular complexity index is 1120. The minimum absolute atomic E-state index is 0.000594. The Morgan fingerprint density at radius 2 is 1.88 bits per heavy atom. The number of anilines is 2. The maximum atomic E-state index is 14.3. The first-order valence-electron chi connectivity index (χ1n) is 11.1. The summed E-state index contributed by atoms with van der Waals surface area (Å²) >= 11 is 0. The second-order valence-electron chi connectivity index (χ2n) is 8.60. The quantitative estimate of drug-likeness (QED) is 0.506. The van der Waals surface area contributed by atoms with Crippen LogP contribution in [0.25, 0.3) is 0 Å². The Hall–Kier alpha value is -3.36. The number of fused-ring (bicyclic) bond motifs is 1. The highest BCUT2D eigenvalue weighted by molar-refractivity contribution is 5.88. The summed E-state index contributed by atoms with van der Waals surface area (Å²) in [6, 6.07) is 7.79. The van der Waals surface area contributed by atoms with Crippen molar-refractivity contribution < 1.29 is 27.2 Å². The van der Waals surface area contributed by atoms with Crippen molar-refractivity contribution >= 4 is 23.2 Å². The molecule has 1 fully saturated rings. The zero-order valence-electron chi connectivity index (χ0n) is 18.5. The molecule has 4 rings (SSSR count). The summed E-state index contributed by atoms with van der Waals surface area (Å²) in [4.78, 5) is 28.5. The smallest absolute Gasteiger partial charge is 0.353 e. The summed E-state index contributed by atoms with van der Waals surface area (Å²) in [5.74, 6) is -1.43. The molecule has 0 aliphatic carbocycles. The third kappa shape index (κ3) is 4.93. The number of nitrogens with zero attached hydrogens (tertiary/aromatic N) is 2. The lowest BCUT2D eigenvalue weighted by Gasteiger charge is -2.36. The van der Waals surface area contributed by atoms with Crippen molar-refractivity contribution in [2.24, 2.45) is 5.92 Å². The minimum atomic E-state index is -4.62. The molecule has 1 saturated heterocycles. The molecule has 34 heavy (non-hydrogen) atoms. The van der Waals surface area contributed by atoms with E-state index >= 15 is 0 Å². The molecular formula is C25H25F4N3O2. The molecule has 2 heterocycles. The van der Waals surface area contributed by atoms with Gasteiger partial charge in [0, 0.05) is 31.9 Å². The molecule has 2 amide bonds. The molecule has 2 aromatic rings. The Balaban J connectivity index is 1.48. The van der Waals surface area contributed by atoms with Gasteiger partial charge in [0.15, 0.2) is 0 Å². The van der Waals surface area contributed by atoms with E-state index < -0.39 is 17.6 Å². The molecule has 0 spiro atoms. The fourth-order valence-corrected chi connectivity index (χ4v) is 4.62. The molecule has 2 aromatic carbocycles. The first kappa shape index (κ1) is 23.8. The van der Waals surface area contributed by atoms with Gasteiger partial charge in [-0.1, -0.05) is 18.7 Å². The van der Waals surface area contributed by atoms with Gasteiger partial charge in [-0.05, 0) is 60.7 Å². The summed E-state index contributed by atoms with van der Waals surface area (Å²) < 4.78 is 52.8. The van der Waals surface area contributed by atoms with E-state index in [9.17, 15) is 27.2 Å².